The van der Waals surface area contributed by atoms with Crippen molar-refractivity contribution in [2.24, 2.45) is 0 Å². The number of nitrogens with one attached hydrogen (secondary N) is 2. The molecular formula is C15H25N5O6. The summed E-state index contributed by atoms with van der Waals surface area (Å²) in [7, 11) is 0. The van der Waals surface area contributed by atoms with Gasteiger partial charge in [0.1, 0.15) is 6.04 Å². The highest BCUT2D eigenvalue weighted by atomic mass is 16.5. The molecule has 0 spiro atoms. The molecule has 2 atom stereocenters. The fraction of sp³-hybridized carbons (Fsp3) is 0.733. The summed E-state index contributed by atoms with van der Waals surface area (Å²) in [6.45, 7) is 5.40. The van der Waals surface area contributed by atoms with E-state index in [0.717, 1.165) is 4.90 Å². The second-order valence-corrected chi connectivity index (χ2v) is 7.42. The predicted molar refractivity (Wildman–Crippen MR) is 87.9 cm³/mol. The zero-order valence-corrected chi connectivity index (χ0v) is 15.1. The summed E-state index contributed by atoms with van der Waals surface area (Å²) in [6.07, 6.45) is -0.383. The molecule has 146 valence electrons. The molecule has 0 aromatic rings. The van der Waals surface area contributed by atoms with Gasteiger partial charge < -0.3 is 14.9 Å². The number of carbonyl (C=O) groups is 4. The normalized spacial score (nSPS) is 22.2. The first-order valence-electron chi connectivity index (χ1n) is 8.40. The minimum atomic E-state index is -1.13. The van der Waals surface area contributed by atoms with E-state index in [2.05, 4.69) is 10.9 Å². The van der Waals surface area contributed by atoms with Crippen molar-refractivity contribution in [1.29, 1.82) is 0 Å². The molecule has 0 aromatic heterocycles. The molecule has 5 amide bonds. The van der Waals surface area contributed by atoms with Gasteiger partial charge in [-0.3, -0.25) is 25.6 Å². The topological polar surface area (TPSA) is 143 Å². The van der Waals surface area contributed by atoms with Gasteiger partial charge in [-0.1, -0.05) is 0 Å². The third-order valence-corrected chi connectivity index (χ3v) is 4.58. The summed E-state index contributed by atoms with van der Waals surface area (Å²) < 4.78 is 0. The molecule has 0 unspecified atom stereocenters. The molecule has 26 heavy (non-hydrogen) atoms. The van der Waals surface area contributed by atoms with E-state index < -0.39 is 35.5 Å². The summed E-state index contributed by atoms with van der Waals surface area (Å²) in [6, 6.07) is -1.69. The standard InChI is InChI=1S/C15H25N5O6/c1-15(2,3)19(14(24)25)7-6-11(21)16-17-12(22)10-5-4-9-8-18(10)13(23)20(9)26/h9-10,26H,4-8H2,1-3H3,(H,16,21)(H,17,22)(H,24,25)/t9-,10+/m1/s1. The van der Waals surface area contributed by atoms with Crippen LogP contribution >= 0.6 is 0 Å². The van der Waals surface area contributed by atoms with E-state index in [1.165, 1.54) is 4.90 Å². The summed E-state index contributed by atoms with van der Waals surface area (Å²) in [5, 5.41) is 19.4. The Morgan fingerprint density at radius 3 is 2.46 bits per heavy atom. The van der Waals surface area contributed by atoms with Crippen LogP contribution in [-0.2, 0) is 9.59 Å². The van der Waals surface area contributed by atoms with Crippen molar-refractivity contribution in [2.45, 2.75) is 57.7 Å². The second kappa shape index (κ2) is 7.36. The van der Waals surface area contributed by atoms with Gasteiger partial charge in [0.25, 0.3) is 5.91 Å². The molecule has 2 heterocycles. The molecule has 2 bridgehead atoms. The van der Waals surface area contributed by atoms with Crippen LogP contribution in [-0.4, -0.2) is 79.8 Å². The lowest BCUT2D eigenvalue weighted by Gasteiger charge is -2.33. The third-order valence-electron chi connectivity index (χ3n) is 4.58. The number of amides is 5. The molecule has 0 radical (unpaired) electrons. The second-order valence-electron chi connectivity index (χ2n) is 7.42. The van der Waals surface area contributed by atoms with Crippen LogP contribution in [0.1, 0.15) is 40.0 Å². The molecule has 0 aromatic carbocycles. The highest BCUT2D eigenvalue weighted by Crippen LogP contribution is 2.28. The van der Waals surface area contributed by atoms with Crippen molar-refractivity contribution in [3.63, 3.8) is 0 Å². The van der Waals surface area contributed by atoms with Crippen LogP contribution in [0.25, 0.3) is 0 Å². The minimum absolute atomic E-state index is 0.0181. The molecule has 11 heteroatoms. The van der Waals surface area contributed by atoms with Gasteiger partial charge >= 0.3 is 12.1 Å². The molecule has 0 saturated carbocycles. The molecule has 2 fully saturated rings. The van der Waals surface area contributed by atoms with E-state index in [0.29, 0.717) is 17.9 Å². The number of hydrazine groups is 1. The third kappa shape index (κ3) is 4.15. The maximum absolute atomic E-state index is 12.2. The summed E-state index contributed by atoms with van der Waals surface area (Å²) in [4.78, 5) is 49.6. The highest BCUT2D eigenvalue weighted by Gasteiger charge is 2.46. The maximum Gasteiger partial charge on any atom is 0.407 e. The zero-order chi connectivity index (χ0) is 19.6. The number of hydrogen-bond acceptors (Lipinski definition) is 5. The number of piperidine rings is 1. The number of fused-ring (bicyclic) bond motifs is 2. The highest BCUT2D eigenvalue weighted by molar-refractivity contribution is 5.90. The lowest BCUT2D eigenvalue weighted by atomic mass is 10.0. The first kappa shape index (κ1) is 19.8. The Morgan fingerprint density at radius 1 is 1.23 bits per heavy atom. The van der Waals surface area contributed by atoms with Crippen molar-refractivity contribution >= 4 is 23.9 Å². The van der Waals surface area contributed by atoms with E-state index in [1.807, 2.05) is 0 Å². The molecule has 2 rings (SSSR count). The number of carboxylic acid groups (broad SMARTS) is 1. The molecule has 2 saturated heterocycles. The monoisotopic (exact) mass is 371 g/mol. The van der Waals surface area contributed by atoms with E-state index in [-0.39, 0.29) is 25.6 Å². The summed E-state index contributed by atoms with van der Waals surface area (Å²) >= 11 is 0. The molecular weight excluding hydrogens is 346 g/mol. The van der Waals surface area contributed by atoms with Gasteiger partial charge in [0, 0.05) is 25.0 Å². The number of hydrogen-bond donors (Lipinski definition) is 4. The van der Waals surface area contributed by atoms with Gasteiger partial charge in [-0.05, 0) is 33.6 Å². The van der Waals surface area contributed by atoms with Crippen LogP contribution in [0.4, 0.5) is 9.59 Å². The molecule has 2 aliphatic rings. The maximum atomic E-state index is 12.2. The van der Waals surface area contributed by atoms with Gasteiger partial charge in [-0.25, -0.2) is 14.7 Å². The van der Waals surface area contributed by atoms with Crippen molar-refractivity contribution in [3.8, 4) is 0 Å². The lowest BCUT2D eigenvalue weighted by molar-refractivity contribution is -0.132. The zero-order valence-electron chi connectivity index (χ0n) is 15.1. The van der Waals surface area contributed by atoms with Crippen molar-refractivity contribution < 1.29 is 29.5 Å². The SMILES string of the molecule is CC(C)(C)N(CCC(=O)NNC(=O)[C@@H]1CC[C@@H]2CN1C(=O)N2O)C(=O)O. The Bertz CT molecular complexity index is 604. The molecule has 4 N–H and O–H groups in total. The minimum Gasteiger partial charge on any atom is -0.465 e. The fourth-order valence-electron chi connectivity index (χ4n) is 3.13. The van der Waals surface area contributed by atoms with Crippen LogP contribution in [0.2, 0.25) is 0 Å². The first-order chi connectivity index (χ1) is 12.0. The summed E-state index contributed by atoms with van der Waals surface area (Å²) in [5.74, 6) is -1.09. The fourth-order valence-corrected chi connectivity index (χ4v) is 3.13. The van der Waals surface area contributed by atoms with Crippen molar-refractivity contribution in [1.82, 2.24) is 25.7 Å². The van der Waals surface area contributed by atoms with Gasteiger partial charge in [0.15, 0.2) is 0 Å². The van der Waals surface area contributed by atoms with E-state index in [4.69, 9.17) is 0 Å². The largest absolute Gasteiger partial charge is 0.465 e. The van der Waals surface area contributed by atoms with Crippen molar-refractivity contribution in [2.75, 3.05) is 13.1 Å². The number of carbonyl (C=O) groups excluding carboxylic acids is 3. The van der Waals surface area contributed by atoms with Crippen LogP contribution in [0.15, 0.2) is 0 Å². The van der Waals surface area contributed by atoms with E-state index in [1.54, 1.807) is 20.8 Å². The number of urea groups is 1. The van der Waals surface area contributed by atoms with Crippen LogP contribution in [0.3, 0.4) is 0 Å². The van der Waals surface area contributed by atoms with Crippen LogP contribution in [0, 0.1) is 0 Å². The average molecular weight is 371 g/mol. The van der Waals surface area contributed by atoms with E-state index >= 15 is 0 Å². The lowest BCUT2D eigenvalue weighted by Crippen LogP contribution is -2.54. The Labute approximate surface area is 150 Å². The van der Waals surface area contributed by atoms with Crippen LogP contribution < -0.4 is 10.9 Å². The smallest absolute Gasteiger partial charge is 0.407 e. The van der Waals surface area contributed by atoms with E-state index in [9.17, 15) is 29.5 Å². The van der Waals surface area contributed by atoms with Crippen molar-refractivity contribution in [3.05, 3.63) is 0 Å². The molecule has 11 nitrogen and oxygen atoms in total. The Morgan fingerprint density at radius 2 is 1.88 bits per heavy atom. The molecule has 2 aliphatic heterocycles. The van der Waals surface area contributed by atoms with Gasteiger partial charge in [-0.2, -0.15) is 0 Å². The molecule has 0 aliphatic carbocycles. The average Bonchev–Trinajstić information content (AvgIpc) is 2.76. The predicted octanol–water partition coefficient (Wildman–Crippen LogP) is -0.0398. The Hall–Kier alpha value is -2.56. The van der Waals surface area contributed by atoms with Gasteiger partial charge in [0.2, 0.25) is 5.91 Å². The van der Waals surface area contributed by atoms with Crippen LogP contribution in [0.5, 0.6) is 0 Å². The van der Waals surface area contributed by atoms with Gasteiger partial charge in [0.05, 0.1) is 6.04 Å². The Balaban J connectivity index is 1.81. The van der Waals surface area contributed by atoms with Gasteiger partial charge in [-0.15, -0.1) is 0 Å². The summed E-state index contributed by atoms with van der Waals surface area (Å²) in [5.41, 5.74) is 3.85. The number of hydroxylamine groups is 2. The quantitative estimate of drug-likeness (QED) is 0.403. The number of nitrogens with zero attached hydrogens (tertiary/aromatic N) is 3. The Kier molecular flexibility index (Phi) is 5.59. The number of rotatable bonds is 4. The first-order valence-corrected chi connectivity index (χ1v) is 8.40.